The molecular weight excluding hydrogens is 376 g/mol. The summed E-state index contributed by atoms with van der Waals surface area (Å²) in [5.74, 6) is -0.436. The van der Waals surface area contributed by atoms with Gasteiger partial charge in [-0.15, -0.1) is 0 Å². The van der Waals surface area contributed by atoms with Crippen molar-refractivity contribution >= 4 is 11.8 Å². The number of aliphatic hydroxyl groups is 1. The maximum Gasteiger partial charge on any atom is 0.342 e. The summed E-state index contributed by atoms with van der Waals surface area (Å²) in [5, 5.41) is 21.0. The minimum atomic E-state index is -1.88. The van der Waals surface area contributed by atoms with Gasteiger partial charge in [-0.25, -0.2) is 4.79 Å². The van der Waals surface area contributed by atoms with Gasteiger partial charge in [0, 0.05) is 24.5 Å². The molecular formula is C22H26O7. The molecule has 0 saturated heterocycles. The molecule has 156 valence electrons. The monoisotopic (exact) mass is 402 g/mol. The second kappa shape index (κ2) is 7.91. The molecule has 1 heterocycles. The van der Waals surface area contributed by atoms with Gasteiger partial charge < -0.3 is 24.4 Å². The molecule has 29 heavy (non-hydrogen) atoms. The normalized spacial score (nSPS) is 23.8. The quantitative estimate of drug-likeness (QED) is 0.730. The lowest BCUT2D eigenvalue weighted by Crippen LogP contribution is -2.53. The number of phenols is 1. The van der Waals surface area contributed by atoms with Crippen molar-refractivity contribution in [2.24, 2.45) is 0 Å². The number of hydrogen-bond donors (Lipinski definition) is 2. The number of ether oxygens (including phenoxy) is 3. The summed E-state index contributed by atoms with van der Waals surface area (Å²) in [5.41, 5.74) is -0.327. The fourth-order valence-corrected chi connectivity index (χ4v) is 3.68. The van der Waals surface area contributed by atoms with E-state index in [1.165, 1.54) is 20.1 Å². The van der Waals surface area contributed by atoms with Crippen molar-refractivity contribution in [2.45, 2.75) is 51.7 Å². The predicted molar refractivity (Wildman–Crippen MR) is 105 cm³/mol. The molecule has 1 aliphatic heterocycles. The summed E-state index contributed by atoms with van der Waals surface area (Å²) in [6.07, 6.45) is 2.54. The Labute approximate surface area is 169 Å². The average Bonchev–Trinajstić information content (AvgIpc) is 2.65. The Kier molecular flexibility index (Phi) is 5.71. The number of benzene rings is 1. The topological polar surface area (TPSA) is 102 Å². The Morgan fingerprint density at radius 2 is 2.10 bits per heavy atom. The molecule has 0 radical (unpaired) electrons. The molecule has 0 saturated carbocycles. The summed E-state index contributed by atoms with van der Waals surface area (Å²) in [6, 6.07) is 2.91. The Hall–Kier alpha value is -2.80. The number of hydrogen-bond acceptors (Lipinski definition) is 7. The zero-order chi connectivity index (χ0) is 21.3. The van der Waals surface area contributed by atoms with Crippen LogP contribution in [0.2, 0.25) is 0 Å². The van der Waals surface area contributed by atoms with Crippen LogP contribution in [0, 0.1) is 6.92 Å². The minimum absolute atomic E-state index is 0.0250. The van der Waals surface area contributed by atoms with Gasteiger partial charge in [0.15, 0.2) is 11.4 Å². The third-order valence-electron chi connectivity index (χ3n) is 5.36. The van der Waals surface area contributed by atoms with E-state index in [0.29, 0.717) is 22.5 Å². The molecule has 0 amide bonds. The summed E-state index contributed by atoms with van der Waals surface area (Å²) < 4.78 is 16.2. The van der Waals surface area contributed by atoms with Gasteiger partial charge >= 0.3 is 5.97 Å². The SMILES string of the molecule is CCCC1=CC2=C(CO1)C(=O)[C@@](C)(O)[C@H](OC(=O)c1c(C)cc(OC)cc1O)C2. The highest BCUT2D eigenvalue weighted by atomic mass is 16.6. The number of aryl methyl sites for hydroxylation is 1. The lowest BCUT2D eigenvalue weighted by molar-refractivity contribution is -0.146. The first kappa shape index (κ1) is 20.9. The number of Topliss-reactive ketones (excluding diaryl/α,β-unsaturated/α-hetero) is 1. The van der Waals surface area contributed by atoms with Crippen molar-refractivity contribution in [1.29, 1.82) is 0 Å². The highest BCUT2D eigenvalue weighted by molar-refractivity contribution is 6.05. The van der Waals surface area contributed by atoms with Crippen LogP contribution in [0.5, 0.6) is 11.5 Å². The van der Waals surface area contributed by atoms with Crippen molar-refractivity contribution < 1.29 is 34.0 Å². The number of aromatic hydroxyl groups is 1. The van der Waals surface area contributed by atoms with E-state index in [9.17, 15) is 19.8 Å². The van der Waals surface area contributed by atoms with Crippen LogP contribution in [0.1, 0.15) is 49.0 Å². The molecule has 2 atom stereocenters. The fourth-order valence-electron chi connectivity index (χ4n) is 3.68. The number of carbonyl (C=O) groups excluding carboxylic acids is 2. The van der Waals surface area contributed by atoms with Crippen LogP contribution in [0.15, 0.2) is 35.1 Å². The Morgan fingerprint density at radius 1 is 1.38 bits per heavy atom. The first-order chi connectivity index (χ1) is 13.7. The van der Waals surface area contributed by atoms with Crippen LogP contribution in [-0.4, -0.2) is 47.4 Å². The van der Waals surface area contributed by atoms with Gasteiger partial charge in [0.05, 0.1) is 12.9 Å². The second-order valence-electron chi connectivity index (χ2n) is 7.57. The van der Waals surface area contributed by atoms with Crippen molar-refractivity contribution in [1.82, 2.24) is 0 Å². The number of phenolic OH excluding ortho intramolecular Hbond substituents is 1. The summed E-state index contributed by atoms with van der Waals surface area (Å²) in [7, 11) is 1.45. The van der Waals surface area contributed by atoms with E-state index in [2.05, 4.69) is 0 Å². The van der Waals surface area contributed by atoms with Gasteiger partial charge in [0.25, 0.3) is 0 Å². The van der Waals surface area contributed by atoms with E-state index in [0.717, 1.165) is 18.6 Å². The average molecular weight is 402 g/mol. The molecule has 2 aliphatic rings. The highest BCUT2D eigenvalue weighted by Gasteiger charge is 2.48. The number of esters is 1. The second-order valence-corrected chi connectivity index (χ2v) is 7.57. The molecule has 1 aromatic carbocycles. The molecule has 1 aliphatic carbocycles. The number of methoxy groups -OCH3 is 1. The van der Waals surface area contributed by atoms with Crippen LogP contribution < -0.4 is 4.74 Å². The Bertz CT molecular complexity index is 885. The minimum Gasteiger partial charge on any atom is -0.507 e. The van der Waals surface area contributed by atoms with Crippen molar-refractivity contribution in [3.8, 4) is 11.5 Å². The number of ketones is 1. The fraction of sp³-hybridized carbons (Fsp3) is 0.455. The largest absolute Gasteiger partial charge is 0.507 e. The van der Waals surface area contributed by atoms with Crippen LogP contribution in [0.25, 0.3) is 0 Å². The van der Waals surface area contributed by atoms with Gasteiger partial charge in [-0.1, -0.05) is 6.92 Å². The third kappa shape index (κ3) is 3.87. The first-order valence-corrected chi connectivity index (χ1v) is 9.60. The van der Waals surface area contributed by atoms with Gasteiger partial charge in [-0.2, -0.15) is 0 Å². The maximum atomic E-state index is 12.8. The van der Waals surface area contributed by atoms with Gasteiger partial charge in [-0.3, -0.25) is 4.79 Å². The molecule has 0 fully saturated rings. The molecule has 1 aromatic rings. The van der Waals surface area contributed by atoms with E-state index in [1.807, 2.05) is 6.92 Å². The van der Waals surface area contributed by atoms with Crippen LogP contribution in [-0.2, 0) is 14.3 Å². The van der Waals surface area contributed by atoms with E-state index in [-0.39, 0.29) is 24.3 Å². The Morgan fingerprint density at radius 3 is 2.72 bits per heavy atom. The third-order valence-corrected chi connectivity index (χ3v) is 5.36. The molecule has 0 spiro atoms. The van der Waals surface area contributed by atoms with Crippen molar-refractivity contribution in [3.63, 3.8) is 0 Å². The molecule has 7 heteroatoms. The number of rotatable bonds is 5. The van der Waals surface area contributed by atoms with Crippen molar-refractivity contribution in [2.75, 3.05) is 13.7 Å². The standard InChI is InChI=1S/C22H26O7/c1-5-6-14-8-13-9-18(22(3,26)20(24)16(13)11-28-14)29-21(25)19-12(2)7-15(27-4)10-17(19)23/h7-8,10,18,23,26H,5-6,9,11H2,1-4H3/t18-,22+/m1/s1. The smallest absolute Gasteiger partial charge is 0.342 e. The molecule has 0 unspecified atom stereocenters. The van der Waals surface area contributed by atoms with Crippen LogP contribution >= 0.6 is 0 Å². The predicted octanol–water partition coefficient (Wildman–Crippen LogP) is 2.97. The van der Waals surface area contributed by atoms with E-state index in [4.69, 9.17) is 14.2 Å². The number of allylic oxidation sites excluding steroid dienone is 2. The molecule has 0 aromatic heterocycles. The number of carbonyl (C=O) groups is 2. The Balaban J connectivity index is 1.89. The molecule has 0 bridgehead atoms. The molecule has 7 nitrogen and oxygen atoms in total. The molecule has 3 rings (SSSR count). The van der Waals surface area contributed by atoms with Crippen LogP contribution in [0.3, 0.4) is 0 Å². The zero-order valence-corrected chi connectivity index (χ0v) is 17.1. The van der Waals surface area contributed by atoms with Gasteiger partial charge in [-0.05, 0) is 43.5 Å². The van der Waals surface area contributed by atoms with Gasteiger partial charge in [0.1, 0.15) is 29.8 Å². The van der Waals surface area contributed by atoms with E-state index in [1.54, 1.807) is 19.1 Å². The summed E-state index contributed by atoms with van der Waals surface area (Å²) in [4.78, 5) is 25.6. The van der Waals surface area contributed by atoms with E-state index >= 15 is 0 Å². The van der Waals surface area contributed by atoms with Crippen LogP contribution in [0.4, 0.5) is 0 Å². The van der Waals surface area contributed by atoms with Crippen molar-refractivity contribution in [3.05, 3.63) is 46.2 Å². The highest BCUT2D eigenvalue weighted by Crippen LogP contribution is 2.37. The first-order valence-electron chi connectivity index (χ1n) is 9.60. The van der Waals surface area contributed by atoms with Gasteiger partial charge in [0.2, 0.25) is 0 Å². The maximum absolute atomic E-state index is 12.8. The lowest BCUT2D eigenvalue weighted by Gasteiger charge is -2.38. The summed E-state index contributed by atoms with van der Waals surface area (Å²) >= 11 is 0. The zero-order valence-electron chi connectivity index (χ0n) is 17.1. The lowest BCUT2D eigenvalue weighted by atomic mass is 9.77. The van der Waals surface area contributed by atoms with E-state index < -0.39 is 23.5 Å². The summed E-state index contributed by atoms with van der Waals surface area (Å²) in [6.45, 7) is 5.11. The molecule has 2 N–H and O–H groups in total.